The summed E-state index contributed by atoms with van der Waals surface area (Å²) in [5.74, 6) is 0.832. The SMILES string of the molecule is CNC(C)c1ccc(OCCc2cccs2)cn1. The van der Waals surface area contributed by atoms with Crippen molar-refractivity contribution in [1.82, 2.24) is 10.3 Å². The molecule has 2 rings (SSSR count). The van der Waals surface area contributed by atoms with E-state index < -0.39 is 0 Å². The van der Waals surface area contributed by atoms with Crippen LogP contribution in [0.1, 0.15) is 23.5 Å². The van der Waals surface area contributed by atoms with E-state index in [2.05, 4.69) is 34.7 Å². The summed E-state index contributed by atoms with van der Waals surface area (Å²) in [4.78, 5) is 5.73. The molecule has 0 amide bonds. The normalized spacial score (nSPS) is 12.3. The molecule has 1 N–H and O–H groups in total. The highest BCUT2D eigenvalue weighted by molar-refractivity contribution is 7.09. The molecule has 0 aromatic carbocycles. The average Bonchev–Trinajstić information content (AvgIpc) is 2.92. The lowest BCUT2D eigenvalue weighted by atomic mass is 10.2. The molecule has 96 valence electrons. The van der Waals surface area contributed by atoms with Gasteiger partial charge in [0.1, 0.15) is 5.75 Å². The van der Waals surface area contributed by atoms with E-state index in [0.717, 1.165) is 17.9 Å². The minimum atomic E-state index is 0.269. The molecule has 0 radical (unpaired) electrons. The zero-order chi connectivity index (χ0) is 12.8. The first kappa shape index (κ1) is 13.1. The van der Waals surface area contributed by atoms with Gasteiger partial charge in [0.05, 0.1) is 18.5 Å². The average molecular weight is 262 g/mol. The second-order valence-corrected chi connectivity index (χ2v) is 5.14. The summed E-state index contributed by atoms with van der Waals surface area (Å²) < 4.78 is 5.67. The topological polar surface area (TPSA) is 34.1 Å². The molecule has 3 nitrogen and oxygen atoms in total. The smallest absolute Gasteiger partial charge is 0.137 e. The Bertz CT molecular complexity index is 453. The fraction of sp³-hybridized carbons (Fsp3) is 0.357. The number of thiophene rings is 1. The lowest BCUT2D eigenvalue weighted by molar-refractivity contribution is 0.321. The summed E-state index contributed by atoms with van der Waals surface area (Å²) in [7, 11) is 1.93. The highest BCUT2D eigenvalue weighted by atomic mass is 32.1. The number of hydrogen-bond donors (Lipinski definition) is 1. The van der Waals surface area contributed by atoms with Gasteiger partial charge in [0, 0.05) is 17.3 Å². The number of hydrogen-bond acceptors (Lipinski definition) is 4. The molecule has 0 saturated carbocycles. The van der Waals surface area contributed by atoms with Gasteiger partial charge in [-0.3, -0.25) is 4.98 Å². The lowest BCUT2D eigenvalue weighted by Crippen LogP contribution is -2.13. The maximum atomic E-state index is 5.67. The molecule has 1 unspecified atom stereocenters. The van der Waals surface area contributed by atoms with Crippen LogP contribution in [0.25, 0.3) is 0 Å². The van der Waals surface area contributed by atoms with Crippen molar-refractivity contribution < 1.29 is 4.74 Å². The molecule has 0 fully saturated rings. The monoisotopic (exact) mass is 262 g/mol. The van der Waals surface area contributed by atoms with Crippen molar-refractivity contribution in [2.75, 3.05) is 13.7 Å². The van der Waals surface area contributed by atoms with Crippen molar-refractivity contribution in [1.29, 1.82) is 0 Å². The Morgan fingerprint density at radius 1 is 1.39 bits per heavy atom. The highest BCUT2D eigenvalue weighted by Gasteiger charge is 2.04. The third kappa shape index (κ3) is 3.55. The molecule has 0 aliphatic rings. The second-order valence-electron chi connectivity index (χ2n) is 4.11. The Morgan fingerprint density at radius 3 is 2.89 bits per heavy atom. The van der Waals surface area contributed by atoms with E-state index in [0.29, 0.717) is 6.61 Å². The molecule has 4 heteroatoms. The number of ether oxygens (including phenoxy) is 1. The van der Waals surface area contributed by atoms with Crippen LogP contribution >= 0.6 is 11.3 Å². The van der Waals surface area contributed by atoms with E-state index in [1.807, 2.05) is 19.2 Å². The number of pyridine rings is 1. The molecular formula is C14H18N2OS. The number of nitrogens with one attached hydrogen (secondary N) is 1. The molecule has 2 heterocycles. The Hall–Kier alpha value is -1.39. The van der Waals surface area contributed by atoms with Crippen LogP contribution < -0.4 is 10.1 Å². The van der Waals surface area contributed by atoms with E-state index in [4.69, 9.17) is 4.74 Å². The van der Waals surface area contributed by atoms with Crippen LogP contribution in [0, 0.1) is 0 Å². The molecular weight excluding hydrogens is 244 g/mol. The molecule has 0 spiro atoms. The van der Waals surface area contributed by atoms with Crippen molar-refractivity contribution in [3.05, 3.63) is 46.4 Å². The quantitative estimate of drug-likeness (QED) is 0.869. The standard InChI is InChI=1S/C14H18N2OS/c1-11(15-2)14-6-5-12(10-16-14)17-8-7-13-4-3-9-18-13/h3-6,9-11,15H,7-8H2,1-2H3. The Morgan fingerprint density at radius 2 is 2.28 bits per heavy atom. The Balaban J connectivity index is 1.83. The number of nitrogens with zero attached hydrogens (tertiary/aromatic N) is 1. The Labute approximate surface area is 112 Å². The van der Waals surface area contributed by atoms with Crippen LogP contribution in [0.5, 0.6) is 5.75 Å². The molecule has 2 aromatic rings. The predicted molar refractivity (Wildman–Crippen MR) is 75.2 cm³/mol. The van der Waals surface area contributed by atoms with Crippen molar-refractivity contribution in [3.8, 4) is 5.75 Å². The number of rotatable bonds is 6. The first-order valence-electron chi connectivity index (χ1n) is 6.08. The molecule has 1 atom stereocenters. The summed E-state index contributed by atoms with van der Waals surface area (Å²) in [6, 6.07) is 8.44. The zero-order valence-electron chi connectivity index (χ0n) is 10.7. The van der Waals surface area contributed by atoms with Gasteiger partial charge in [-0.05, 0) is 37.6 Å². The first-order valence-corrected chi connectivity index (χ1v) is 6.96. The summed E-state index contributed by atoms with van der Waals surface area (Å²) in [5.41, 5.74) is 1.03. The van der Waals surface area contributed by atoms with Crippen molar-refractivity contribution >= 4 is 11.3 Å². The van der Waals surface area contributed by atoms with E-state index in [1.54, 1.807) is 17.5 Å². The van der Waals surface area contributed by atoms with Crippen LogP contribution in [0.15, 0.2) is 35.8 Å². The van der Waals surface area contributed by atoms with Crippen molar-refractivity contribution in [2.24, 2.45) is 0 Å². The summed E-state index contributed by atoms with van der Waals surface area (Å²) in [6.45, 7) is 2.78. The van der Waals surface area contributed by atoms with Gasteiger partial charge >= 0.3 is 0 Å². The highest BCUT2D eigenvalue weighted by Crippen LogP contribution is 2.15. The van der Waals surface area contributed by atoms with E-state index >= 15 is 0 Å². The third-order valence-corrected chi connectivity index (χ3v) is 3.77. The van der Waals surface area contributed by atoms with Gasteiger partial charge in [-0.15, -0.1) is 11.3 Å². The van der Waals surface area contributed by atoms with Crippen LogP contribution in [-0.2, 0) is 6.42 Å². The lowest BCUT2D eigenvalue weighted by Gasteiger charge is -2.10. The summed E-state index contributed by atoms with van der Waals surface area (Å²) >= 11 is 1.76. The Kier molecular flexibility index (Phi) is 4.73. The molecule has 0 saturated heterocycles. The van der Waals surface area contributed by atoms with Gasteiger partial charge in [0.25, 0.3) is 0 Å². The molecule has 0 bridgehead atoms. The first-order chi connectivity index (χ1) is 8.79. The van der Waals surface area contributed by atoms with Gasteiger partial charge in [-0.25, -0.2) is 0 Å². The molecule has 0 aliphatic heterocycles. The zero-order valence-corrected chi connectivity index (χ0v) is 11.5. The van der Waals surface area contributed by atoms with Crippen molar-refractivity contribution in [3.63, 3.8) is 0 Å². The molecule has 0 aliphatic carbocycles. The van der Waals surface area contributed by atoms with Crippen molar-refractivity contribution in [2.45, 2.75) is 19.4 Å². The molecule has 18 heavy (non-hydrogen) atoms. The van der Waals surface area contributed by atoms with Gasteiger partial charge in [-0.1, -0.05) is 6.07 Å². The largest absolute Gasteiger partial charge is 0.492 e. The van der Waals surface area contributed by atoms with E-state index in [-0.39, 0.29) is 6.04 Å². The van der Waals surface area contributed by atoms with Gasteiger partial charge in [0.15, 0.2) is 0 Å². The van der Waals surface area contributed by atoms with E-state index in [1.165, 1.54) is 4.88 Å². The maximum Gasteiger partial charge on any atom is 0.137 e. The molecule has 2 aromatic heterocycles. The van der Waals surface area contributed by atoms with Gasteiger partial charge in [0.2, 0.25) is 0 Å². The minimum absolute atomic E-state index is 0.269. The summed E-state index contributed by atoms with van der Waals surface area (Å²) in [5, 5.41) is 5.25. The second kappa shape index (κ2) is 6.52. The third-order valence-electron chi connectivity index (χ3n) is 2.83. The van der Waals surface area contributed by atoms with Crippen LogP contribution in [0.2, 0.25) is 0 Å². The van der Waals surface area contributed by atoms with Crippen LogP contribution in [0.4, 0.5) is 0 Å². The summed E-state index contributed by atoms with van der Waals surface area (Å²) in [6.07, 6.45) is 2.74. The minimum Gasteiger partial charge on any atom is -0.492 e. The number of aromatic nitrogens is 1. The van der Waals surface area contributed by atoms with Gasteiger partial charge < -0.3 is 10.1 Å². The van der Waals surface area contributed by atoms with Gasteiger partial charge in [-0.2, -0.15) is 0 Å². The predicted octanol–water partition coefficient (Wildman–Crippen LogP) is 3.05. The van der Waals surface area contributed by atoms with E-state index in [9.17, 15) is 0 Å². The fourth-order valence-electron chi connectivity index (χ4n) is 1.61. The van der Waals surface area contributed by atoms with Crippen LogP contribution in [-0.4, -0.2) is 18.6 Å². The maximum absolute atomic E-state index is 5.67. The van der Waals surface area contributed by atoms with Crippen LogP contribution in [0.3, 0.4) is 0 Å². The fourth-order valence-corrected chi connectivity index (χ4v) is 2.30.